The molecule has 0 aliphatic rings. The lowest BCUT2D eigenvalue weighted by Crippen LogP contribution is -2.40. The number of hydrogen-bond donors (Lipinski definition) is 1. The molecule has 0 spiro atoms. The second kappa shape index (κ2) is 5.30. The fraction of sp³-hybridized carbons (Fsp3) is 0.900. The number of ether oxygens (including phenoxy) is 1. The van der Waals surface area contributed by atoms with Gasteiger partial charge in [-0.25, -0.2) is 9.18 Å². The normalized spacial score (nSPS) is 15.7. The van der Waals surface area contributed by atoms with Crippen molar-refractivity contribution in [2.75, 3.05) is 13.6 Å². The Balaban J connectivity index is 4.11. The minimum atomic E-state index is -1.46. The van der Waals surface area contributed by atoms with Gasteiger partial charge in [-0.15, -0.1) is 0 Å². The molecule has 90 valence electrons. The monoisotopic (exact) mass is 221 g/mol. The van der Waals surface area contributed by atoms with Crippen molar-refractivity contribution in [3.63, 3.8) is 0 Å². The number of amides is 1. The number of carbonyl (C=O) groups excluding carboxylic acids is 1. The lowest BCUT2D eigenvalue weighted by Gasteiger charge is -2.26. The number of hydrogen-bond acceptors (Lipinski definition) is 3. The summed E-state index contributed by atoms with van der Waals surface area (Å²) in [6, 6.07) is 0. The molecule has 1 N–H and O–H groups in total. The van der Waals surface area contributed by atoms with Crippen LogP contribution in [0.1, 0.15) is 27.7 Å². The van der Waals surface area contributed by atoms with Crippen molar-refractivity contribution in [3.05, 3.63) is 0 Å². The number of rotatable bonds is 3. The van der Waals surface area contributed by atoms with Crippen molar-refractivity contribution >= 4 is 6.09 Å². The van der Waals surface area contributed by atoms with Crippen LogP contribution in [0.2, 0.25) is 0 Å². The zero-order chi connectivity index (χ0) is 12.2. The SMILES string of the molecule is C[C@H](O)[C@H](F)CN(C)C(=O)OC(C)(C)C. The molecule has 0 aliphatic carbocycles. The first-order valence-electron chi connectivity index (χ1n) is 4.89. The summed E-state index contributed by atoms with van der Waals surface area (Å²) in [5.74, 6) is 0. The molecule has 15 heavy (non-hydrogen) atoms. The van der Waals surface area contributed by atoms with E-state index < -0.39 is 24.0 Å². The van der Waals surface area contributed by atoms with Gasteiger partial charge in [0.25, 0.3) is 0 Å². The zero-order valence-corrected chi connectivity index (χ0v) is 9.95. The van der Waals surface area contributed by atoms with E-state index in [2.05, 4.69) is 0 Å². The maximum absolute atomic E-state index is 13.1. The first kappa shape index (κ1) is 14.2. The Bertz CT molecular complexity index is 213. The first-order valence-corrected chi connectivity index (χ1v) is 4.89. The average molecular weight is 221 g/mol. The van der Waals surface area contributed by atoms with Crippen molar-refractivity contribution in [1.82, 2.24) is 4.90 Å². The molecule has 4 nitrogen and oxygen atoms in total. The minimum absolute atomic E-state index is 0.174. The minimum Gasteiger partial charge on any atom is -0.444 e. The van der Waals surface area contributed by atoms with Gasteiger partial charge in [0.05, 0.1) is 12.6 Å². The number of aliphatic hydroxyl groups is 1. The predicted molar refractivity (Wildman–Crippen MR) is 55.4 cm³/mol. The van der Waals surface area contributed by atoms with Crippen molar-refractivity contribution in [3.8, 4) is 0 Å². The summed E-state index contributed by atoms with van der Waals surface area (Å²) < 4.78 is 18.1. The van der Waals surface area contributed by atoms with E-state index in [4.69, 9.17) is 9.84 Å². The highest BCUT2D eigenvalue weighted by molar-refractivity contribution is 5.67. The first-order chi connectivity index (χ1) is 6.63. The van der Waals surface area contributed by atoms with E-state index in [-0.39, 0.29) is 6.54 Å². The third-order valence-corrected chi connectivity index (χ3v) is 1.68. The van der Waals surface area contributed by atoms with E-state index >= 15 is 0 Å². The van der Waals surface area contributed by atoms with Crippen molar-refractivity contribution in [2.24, 2.45) is 0 Å². The Hall–Kier alpha value is -0.840. The Morgan fingerprint density at radius 2 is 2.00 bits per heavy atom. The summed E-state index contributed by atoms with van der Waals surface area (Å²) in [7, 11) is 1.43. The fourth-order valence-corrected chi connectivity index (χ4v) is 0.829. The van der Waals surface area contributed by atoms with Gasteiger partial charge in [0.2, 0.25) is 0 Å². The van der Waals surface area contributed by atoms with Crippen LogP contribution in [0, 0.1) is 0 Å². The zero-order valence-electron chi connectivity index (χ0n) is 9.95. The van der Waals surface area contributed by atoms with Crippen LogP contribution in [0.5, 0.6) is 0 Å². The third-order valence-electron chi connectivity index (χ3n) is 1.68. The summed E-state index contributed by atoms with van der Waals surface area (Å²) in [4.78, 5) is 12.5. The van der Waals surface area contributed by atoms with Crippen LogP contribution >= 0.6 is 0 Å². The molecule has 0 aromatic carbocycles. The van der Waals surface area contributed by atoms with Crippen LogP contribution in [0.4, 0.5) is 9.18 Å². The van der Waals surface area contributed by atoms with Gasteiger partial charge >= 0.3 is 6.09 Å². The molecule has 0 saturated carbocycles. The smallest absolute Gasteiger partial charge is 0.410 e. The molecular weight excluding hydrogens is 201 g/mol. The number of alkyl halides is 1. The molecule has 0 rings (SSSR count). The Labute approximate surface area is 90.0 Å². The Kier molecular flexibility index (Phi) is 5.00. The van der Waals surface area contributed by atoms with Gasteiger partial charge < -0.3 is 14.7 Å². The van der Waals surface area contributed by atoms with E-state index in [1.807, 2.05) is 0 Å². The van der Waals surface area contributed by atoms with Crippen molar-refractivity contribution in [1.29, 1.82) is 0 Å². The van der Waals surface area contributed by atoms with E-state index in [9.17, 15) is 9.18 Å². The second-order valence-corrected chi connectivity index (χ2v) is 4.62. The maximum atomic E-state index is 13.1. The summed E-state index contributed by atoms with van der Waals surface area (Å²) in [5.41, 5.74) is -0.595. The van der Waals surface area contributed by atoms with Crippen LogP contribution < -0.4 is 0 Å². The van der Waals surface area contributed by atoms with Gasteiger partial charge in [-0.2, -0.15) is 0 Å². The van der Waals surface area contributed by atoms with Gasteiger partial charge in [-0.05, 0) is 27.7 Å². The Morgan fingerprint density at radius 1 is 1.53 bits per heavy atom. The largest absolute Gasteiger partial charge is 0.444 e. The highest BCUT2D eigenvalue weighted by Crippen LogP contribution is 2.10. The number of carbonyl (C=O) groups is 1. The lowest BCUT2D eigenvalue weighted by molar-refractivity contribution is 0.0166. The molecule has 0 bridgehead atoms. The lowest BCUT2D eigenvalue weighted by atomic mass is 10.2. The molecule has 0 aliphatic heterocycles. The van der Waals surface area contributed by atoms with Crippen molar-refractivity contribution < 1.29 is 19.0 Å². The topological polar surface area (TPSA) is 49.8 Å². The van der Waals surface area contributed by atoms with Gasteiger partial charge in [-0.1, -0.05) is 0 Å². The third kappa shape index (κ3) is 6.28. The molecular formula is C10H20FNO3. The van der Waals surface area contributed by atoms with E-state index in [1.165, 1.54) is 14.0 Å². The van der Waals surface area contributed by atoms with Crippen molar-refractivity contribution in [2.45, 2.75) is 45.6 Å². The van der Waals surface area contributed by atoms with Gasteiger partial charge in [0.15, 0.2) is 0 Å². The highest BCUT2D eigenvalue weighted by Gasteiger charge is 2.23. The molecule has 0 aromatic heterocycles. The van der Waals surface area contributed by atoms with Crippen LogP contribution in [0.25, 0.3) is 0 Å². The summed E-state index contributed by atoms with van der Waals surface area (Å²) in [6.45, 7) is 6.38. The van der Waals surface area contributed by atoms with Crippen LogP contribution in [0.15, 0.2) is 0 Å². The van der Waals surface area contributed by atoms with Gasteiger partial charge in [0, 0.05) is 7.05 Å². The van der Waals surface area contributed by atoms with E-state index in [0.29, 0.717) is 0 Å². The Morgan fingerprint density at radius 3 is 2.33 bits per heavy atom. The molecule has 0 radical (unpaired) electrons. The van der Waals surface area contributed by atoms with Crippen LogP contribution in [0.3, 0.4) is 0 Å². The molecule has 1 amide bonds. The number of halogens is 1. The fourth-order valence-electron chi connectivity index (χ4n) is 0.829. The summed E-state index contributed by atoms with van der Waals surface area (Å²) >= 11 is 0. The molecule has 2 atom stereocenters. The molecule has 0 aromatic rings. The highest BCUT2D eigenvalue weighted by atomic mass is 19.1. The average Bonchev–Trinajstić information content (AvgIpc) is 2.00. The molecule has 5 heteroatoms. The summed E-state index contributed by atoms with van der Waals surface area (Å²) in [5, 5.41) is 8.93. The van der Waals surface area contributed by atoms with Gasteiger partial charge in [-0.3, -0.25) is 0 Å². The van der Waals surface area contributed by atoms with Crippen LogP contribution in [-0.4, -0.2) is 47.6 Å². The van der Waals surface area contributed by atoms with E-state index in [1.54, 1.807) is 20.8 Å². The second-order valence-electron chi connectivity index (χ2n) is 4.62. The predicted octanol–water partition coefficient (Wildman–Crippen LogP) is 1.57. The standard InChI is InChI=1S/C10H20FNO3/c1-7(13)8(11)6-12(5)9(14)15-10(2,3)4/h7-8,13H,6H2,1-5H3/t7-,8+/m0/s1. The molecule has 0 heterocycles. The van der Waals surface area contributed by atoms with Crippen LogP contribution in [-0.2, 0) is 4.74 Å². The van der Waals surface area contributed by atoms with E-state index in [0.717, 1.165) is 4.90 Å². The van der Waals surface area contributed by atoms with Gasteiger partial charge in [0.1, 0.15) is 11.8 Å². The number of nitrogens with zero attached hydrogens (tertiary/aromatic N) is 1. The summed E-state index contributed by atoms with van der Waals surface area (Å²) in [6.07, 6.45) is -3.14. The quantitative estimate of drug-likeness (QED) is 0.787. The molecule has 0 unspecified atom stereocenters. The molecule has 0 saturated heterocycles. The molecule has 0 fully saturated rings. The number of aliphatic hydroxyl groups excluding tert-OH is 1. The maximum Gasteiger partial charge on any atom is 0.410 e.